The fourth-order valence-electron chi connectivity index (χ4n) is 1.58. The van der Waals surface area contributed by atoms with Crippen molar-refractivity contribution in [2.75, 3.05) is 10.6 Å². The summed E-state index contributed by atoms with van der Waals surface area (Å²) >= 11 is 0. The maximum Gasteiger partial charge on any atom is 0.323 e. The number of nitrogens with one attached hydrogen (secondary N) is 2. The lowest BCUT2D eigenvalue weighted by Crippen LogP contribution is -2.20. The van der Waals surface area contributed by atoms with Crippen LogP contribution in [0.3, 0.4) is 0 Å². The van der Waals surface area contributed by atoms with E-state index >= 15 is 0 Å². The van der Waals surface area contributed by atoms with Gasteiger partial charge in [0.25, 0.3) is 0 Å². The van der Waals surface area contributed by atoms with Gasteiger partial charge in [0.2, 0.25) is 10.0 Å². The molecule has 0 saturated carbocycles. The molecule has 2 amide bonds. The summed E-state index contributed by atoms with van der Waals surface area (Å²) in [5, 5.41) is 9.93. The molecule has 21 heavy (non-hydrogen) atoms. The van der Waals surface area contributed by atoms with Crippen LogP contribution in [0.1, 0.15) is 0 Å². The van der Waals surface area contributed by atoms with Gasteiger partial charge in [-0.25, -0.2) is 22.7 Å². The van der Waals surface area contributed by atoms with Crippen LogP contribution in [0, 0.1) is 5.82 Å². The molecule has 0 aliphatic rings. The van der Waals surface area contributed by atoms with Crippen LogP contribution in [0.25, 0.3) is 0 Å². The number of amides is 2. The second-order valence-electron chi connectivity index (χ2n) is 4.16. The second-order valence-corrected chi connectivity index (χ2v) is 5.72. The van der Waals surface area contributed by atoms with Crippen molar-refractivity contribution < 1.29 is 17.6 Å². The van der Waals surface area contributed by atoms with Gasteiger partial charge < -0.3 is 10.6 Å². The van der Waals surface area contributed by atoms with E-state index in [1.54, 1.807) is 0 Å². The van der Waals surface area contributed by atoms with E-state index in [2.05, 4.69) is 10.6 Å². The van der Waals surface area contributed by atoms with Crippen LogP contribution in [0.15, 0.2) is 53.4 Å². The van der Waals surface area contributed by atoms with E-state index in [4.69, 9.17) is 5.14 Å². The Morgan fingerprint density at radius 1 is 1.00 bits per heavy atom. The lowest BCUT2D eigenvalue weighted by Gasteiger charge is -2.08. The minimum absolute atomic E-state index is 0.109. The van der Waals surface area contributed by atoms with Crippen molar-refractivity contribution in [1.29, 1.82) is 0 Å². The SMILES string of the molecule is NS(=O)(=O)c1cccc(NC(=O)Nc2ccc(F)cc2)c1. The molecule has 4 N–H and O–H groups in total. The fraction of sp³-hybridized carbons (Fsp3) is 0. The van der Waals surface area contributed by atoms with Crippen molar-refractivity contribution in [3.05, 3.63) is 54.3 Å². The molecule has 0 saturated heterocycles. The minimum Gasteiger partial charge on any atom is -0.308 e. The number of carbonyl (C=O) groups is 1. The molecule has 0 fully saturated rings. The standard InChI is InChI=1S/C13H12FN3O3S/c14-9-4-6-10(7-5-9)16-13(18)17-11-2-1-3-12(8-11)21(15,19)20/h1-8H,(H2,15,19,20)(H2,16,17,18). The summed E-state index contributed by atoms with van der Waals surface area (Å²) in [5.74, 6) is -0.415. The number of primary sulfonamides is 1. The van der Waals surface area contributed by atoms with Crippen molar-refractivity contribution in [3.8, 4) is 0 Å². The monoisotopic (exact) mass is 309 g/mol. The lowest BCUT2D eigenvalue weighted by atomic mass is 10.3. The summed E-state index contributed by atoms with van der Waals surface area (Å²) in [6, 6.07) is 10.1. The molecule has 2 aromatic carbocycles. The van der Waals surface area contributed by atoms with Gasteiger partial charge in [-0.2, -0.15) is 0 Å². The number of carbonyl (C=O) groups excluding carboxylic acids is 1. The van der Waals surface area contributed by atoms with Gasteiger partial charge in [0.05, 0.1) is 4.90 Å². The van der Waals surface area contributed by atoms with Gasteiger partial charge in [-0.15, -0.1) is 0 Å². The second kappa shape index (κ2) is 5.90. The van der Waals surface area contributed by atoms with E-state index < -0.39 is 21.9 Å². The Morgan fingerprint density at radius 3 is 2.24 bits per heavy atom. The van der Waals surface area contributed by atoms with E-state index in [1.165, 1.54) is 48.5 Å². The molecule has 110 valence electrons. The number of nitrogens with two attached hydrogens (primary N) is 1. The molecular weight excluding hydrogens is 297 g/mol. The summed E-state index contributed by atoms with van der Waals surface area (Å²) in [5.41, 5.74) is 0.664. The molecule has 0 unspecified atom stereocenters. The van der Waals surface area contributed by atoms with E-state index in [-0.39, 0.29) is 10.6 Å². The highest BCUT2D eigenvalue weighted by Crippen LogP contribution is 2.15. The number of hydrogen-bond acceptors (Lipinski definition) is 3. The molecule has 8 heteroatoms. The first-order valence-corrected chi connectivity index (χ1v) is 7.36. The molecular formula is C13H12FN3O3S. The van der Waals surface area contributed by atoms with Crippen LogP contribution < -0.4 is 15.8 Å². The maximum absolute atomic E-state index is 12.7. The molecule has 0 aliphatic carbocycles. The Hall–Kier alpha value is -2.45. The smallest absolute Gasteiger partial charge is 0.308 e. The zero-order chi connectivity index (χ0) is 15.5. The number of hydrogen-bond donors (Lipinski definition) is 3. The molecule has 0 aromatic heterocycles. The van der Waals surface area contributed by atoms with Gasteiger partial charge in [-0.3, -0.25) is 0 Å². The first kappa shape index (κ1) is 14.9. The highest BCUT2D eigenvalue weighted by molar-refractivity contribution is 7.89. The van der Waals surface area contributed by atoms with Gasteiger partial charge in [0, 0.05) is 11.4 Å². The summed E-state index contributed by atoms with van der Waals surface area (Å²) in [6.07, 6.45) is 0. The van der Waals surface area contributed by atoms with E-state index in [9.17, 15) is 17.6 Å². The van der Waals surface area contributed by atoms with E-state index in [0.29, 0.717) is 5.69 Å². The molecule has 0 radical (unpaired) electrons. The zero-order valence-corrected chi connectivity index (χ0v) is 11.5. The summed E-state index contributed by atoms with van der Waals surface area (Å²) < 4.78 is 35.1. The largest absolute Gasteiger partial charge is 0.323 e. The molecule has 2 aromatic rings. The number of urea groups is 1. The Morgan fingerprint density at radius 2 is 1.62 bits per heavy atom. The molecule has 0 atom stereocenters. The number of sulfonamides is 1. The number of benzene rings is 2. The van der Waals surface area contributed by atoms with Gasteiger partial charge in [0.1, 0.15) is 5.82 Å². The number of anilines is 2. The van der Waals surface area contributed by atoms with Gasteiger partial charge in [0.15, 0.2) is 0 Å². The minimum atomic E-state index is -3.84. The molecule has 0 spiro atoms. The molecule has 0 heterocycles. The van der Waals surface area contributed by atoms with Gasteiger partial charge >= 0.3 is 6.03 Å². The number of rotatable bonds is 3. The van der Waals surface area contributed by atoms with Crippen molar-refractivity contribution in [1.82, 2.24) is 0 Å². The van der Waals surface area contributed by atoms with Crippen LogP contribution in [-0.2, 0) is 10.0 Å². The van der Waals surface area contributed by atoms with Crippen LogP contribution in [0.2, 0.25) is 0 Å². The molecule has 2 rings (SSSR count). The van der Waals surface area contributed by atoms with Crippen molar-refractivity contribution >= 4 is 27.4 Å². The maximum atomic E-state index is 12.7. The molecule has 0 bridgehead atoms. The third-order valence-electron chi connectivity index (χ3n) is 2.52. The number of halogens is 1. The Balaban J connectivity index is 2.08. The summed E-state index contributed by atoms with van der Waals surface area (Å²) in [7, 11) is -3.84. The first-order valence-electron chi connectivity index (χ1n) is 5.81. The zero-order valence-electron chi connectivity index (χ0n) is 10.7. The Kier molecular flexibility index (Phi) is 4.20. The van der Waals surface area contributed by atoms with Crippen molar-refractivity contribution in [2.24, 2.45) is 5.14 Å². The Bertz CT molecular complexity index is 760. The fourth-order valence-corrected chi connectivity index (χ4v) is 2.14. The van der Waals surface area contributed by atoms with Crippen LogP contribution >= 0.6 is 0 Å². The molecule has 0 aliphatic heterocycles. The van der Waals surface area contributed by atoms with Crippen LogP contribution in [0.4, 0.5) is 20.6 Å². The van der Waals surface area contributed by atoms with Crippen LogP contribution in [-0.4, -0.2) is 14.4 Å². The predicted octanol–water partition coefficient (Wildman–Crippen LogP) is 2.12. The van der Waals surface area contributed by atoms with Gasteiger partial charge in [-0.05, 0) is 42.5 Å². The Labute approximate surface area is 120 Å². The van der Waals surface area contributed by atoms with Gasteiger partial charge in [-0.1, -0.05) is 6.07 Å². The quantitative estimate of drug-likeness (QED) is 0.809. The van der Waals surface area contributed by atoms with E-state index in [1.807, 2.05) is 0 Å². The third-order valence-corrected chi connectivity index (χ3v) is 3.43. The summed E-state index contributed by atoms with van der Waals surface area (Å²) in [6.45, 7) is 0. The van der Waals surface area contributed by atoms with Crippen molar-refractivity contribution in [2.45, 2.75) is 4.90 Å². The predicted molar refractivity (Wildman–Crippen MR) is 76.9 cm³/mol. The average Bonchev–Trinajstić information content (AvgIpc) is 2.41. The van der Waals surface area contributed by atoms with Crippen LogP contribution in [0.5, 0.6) is 0 Å². The van der Waals surface area contributed by atoms with Crippen molar-refractivity contribution in [3.63, 3.8) is 0 Å². The highest BCUT2D eigenvalue weighted by atomic mass is 32.2. The lowest BCUT2D eigenvalue weighted by molar-refractivity contribution is 0.262. The van der Waals surface area contributed by atoms with E-state index in [0.717, 1.165) is 0 Å². The molecule has 6 nitrogen and oxygen atoms in total. The first-order chi connectivity index (χ1) is 9.84. The third kappa shape index (κ3) is 4.26. The topological polar surface area (TPSA) is 101 Å². The average molecular weight is 309 g/mol. The highest BCUT2D eigenvalue weighted by Gasteiger charge is 2.09. The summed E-state index contributed by atoms with van der Waals surface area (Å²) in [4.78, 5) is 11.6. The normalized spacial score (nSPS) is 11.0.